The second-order valence-electron chi connectivity index (χ2n) is 4.83. The summed E-state index contributed by atoms with van der Waals surface area (Å²) in [6.07, 6.45) is -0.686. The Bertz CT molecular complexity index is 459. The Balaban J connectivity index is 2.85. The summed E-state index contributed by atoms with van der Waals surface area (Å²) in [6.45, 7) is 5.18. The first-order chi connectivity index (χ1) is 8.67. The van der Waals surface area contributed by atoms with E-state index in [0.717, 1.165) is 0 Å². The van der Waals surface area contributed by atoms with Crippen LogP contribution in [0.1, 0.15) is 20.8 Å². The van der Waals surface area contributed by atoms with Crippen molar-refractivity contribution in [3.8, 4) is 5.75 Å². The Kier molecular flexibility index (Phi) is 4.63. The van der Waals surface area contributed by atoms with Crippen LogP contribution >= 0.6 is 0 Å². The lowest BCUT2D eigenvalue weighted by Crippen LogP contribution is -2.28. The van der Waals surface area contributed by atoms with Crippen LogP contribution in [0.25, 0.3) is 0 Å². The number of nitrogens with one attached hydrogen (secondary N) is 1. The topological polar surface area (TPSA) is 114 Å². The molecule has 0 aliphatic rings. The van der Waals surface area contributed by atoms with E-state index in [2.05, 4.69) is 5.32 Å². The van der Waals surface area contributed by atoms with Crippen molar-refractivity contribution in [3.05, 3.63) is 18.2 Å². The third kappa shape index (κ3) is 5.49. The summed E-state index contributed by atoms with van der Waals surface area (Å²) < 4.78 is 9.79. The van der Waals surface area contributed by atoms with Crippen LogP contribution < -0.4 is 15.7 Å². The zero-order chi connectivity index (χ0) is 14.6. The first-order valence-corrected chi connectivity index (χ1v) is 5.60. The number of hydrogen-bond acceptors (Lipinski definition) is 6. The van der Waals surface area contributed by atoms with Crippen molar-refractivity contribution in [2.75, 3.05) is 11.1 Å². The van der Waals surface area contributed by atoms with Crippen LogP contribution in [-0.2, 0) is 4.74 Å². The Morgan fingerprint density at radius 1 is 1.37 bits per heavy atom. The van der Waals surface area contributed by atoms with E-state index in [-0.39, 0.29) is 11.4 Å². The summed E-state index contributed by atoms with van der Waals surface area (Å²) in [5, 5.41) is 20.0. The van der Waals surface area contributed by atoms with Gasteiger partial charge >= 0.3 is 13.4 Å². The van der Waals surface area contributed by atoms with Crippen molar-refractivity contribution in [3.63, 3.8) is 0 Å². The summed E-state index contributed by atoms with van der Waals surface area (Å²) in [6, 6.07) is 4.35. The van der Waals surface area contributed by atoms with Gasteiger partial charge in [0.2, 0.25) is 0 Å². The van der Waals surface area contributed by atoms with E-state index in [4.69, 9.17) is 25.2 Å². The molecule has 0 fully saturated rings. The highest BCUT2D eigenvalue weighted by atomic mass is 16.6. The van der Waals surface area contributed by atoms with Gasteiger partial charge in [-0.15, -0.1) is 0 Å². The van der Waals surface area contributed by atoms with Crippen molar-refractivity contribution in [2.24, 2.45) is 0 Å². The molecular weight excluding hydrogens is 251 g/mol. The van der Waals surface area contributed by atoms with Crippen LogP contribution in [-0.4, -0.2) is 29.1 Å². The second-order valence-corrected chi connectivity index (χ2v) is 4.83. The number of nitrogens with two attached hydrogens (primary N) is 1. The molecule has 1 amide bonds. The molecule has 1 rings (SSSR count). The highest BCUT2D eigenvalue weighted by Gasteiger charge is 2.19. The van der Waals surface area contributed by atoms with Crippen LogP contribution in [0.5, 0.6) is 5.75 Å². The molecule has 0 atom stereocenters. The molecule has 5 N–H and O–H groups in total. The summed E-state index contributed by atoms with van der Waals surface area (Å²) in [5.74, 6) is 0.0286. The van der Waals surface area contributed by atoms with E-state index in [1.165, 1.54) is 18.2 Å². The highest BCUT2D eigenvalue weighted by Crippen LogP contribution is 2.27. The molecule has 0 saturated carbocycles. The SMILES string of the molecule is CC(C)(C)OC(=O)Nc1ccc(N)cc1OB(O)O. The van der Waals surface area contributed by atoms with Crippen molar-refractivity contribution < 1.29 is 24.2 Å². The first kappa shape index (κ1) is 15.1. The molecule has 0 aliphatic heterocycles. The van der Waals surface area contributed by atoms with E-state index in [1.54, 1.807) is 20.8 Å². The van der Waals surface area contributed by atoms with Crippen LogP contribution in [0.2, 0.25) is 0 Å². The van der Waals surface area contributed by atoms with Gasteiger partial charge in [-0.1, -0.05) is 0 Å². The minimum atomic E-state index is -2.01. The number of anilines is 2. The molecule has 0 radical (unpaired) electrons. The van der Waals surface area contributed by atoms with Gasteiger partial charge in [0, 0.05) is 11.8 Å². The number of benzene rings is 1. The van der Waals surface area contributed by atoms with Crippen molar-refractivity contribution in [2.45, 2.75) is 26.4 Å². The van der Waals surface area contributed by atoms with Gasteiger partial charge in [-0.3, -0.25) is 5.32 Å². The molecule has 0 unspecified atom stereocenters. The third-order valence-corrected chi connectivity index (χ3v) is 1.87. The minimum absolute atomic E-state index is 0.0286. The van der Waals surface area contributed by atoms with Crippen LogP contribution in [0.3, 0.4) is 0 Å². The number of carbonyl (C=O) groups excluding carboxylic acids is 1. The summed E-state index contributed by atoms with van der Waals surface area (Å²) >= 11 is 0. The lowest BCUT2D eigenvalue weighted by molar-refractivity contribution is 0.0635. The fraction of sp³-hybridized carbons (Fsp3) is 0.364. The molecule has 0 bridgehead atoms. The van der Waals surface area contributed by atoms with E-state index in [1.807, 2.05) is 0 Å². The Labute approximate surface area is 111 Å². The molecule has 1 aromatic carbocycles. The number of carbonyl (C=O) groups is 1. The fourth-order valence-electron chi connectivity index (χ4n) is 1.27. The van der Waals surface area contributed by atoms with Gasteiger partial charge in [0.05, 0.1) is 5.69 Å². The summed E-state index contributed by atoms with van der Waals surface area (Å²) in [7, 11) is -2.01. The van der Waals surface area contributed by atoms with E-state index in [0.29, 0.717) is 5.69 Å². The predicted octanol–water partition coefficient (Wildman–Crippen LogP) is 0.964. The maximum atomic E-state index is 11.6. The molecule has 8 heteroatoms. The molecule has 7 nitrogen and oxygen atoms in total. The highest BCUT2D eigenvalue weighted by molar-refractivity contribution is 6.34. The summed E-state index contributed by atoms with van der Waals surface area (Å²) in [5.41, 5.74) is 5.48. The van der Waals surface area contributed by atoms with Gasteiger partial charge in [0.15, 0.2) is 0 Å². The largest absolute Gasteiger partial charge is 0.707 e. The smallest absolute Gasteiger partial charge is 0.510 e. The van der Waals surface area contributed by atoms with Crippen molar-refractivity contribution in [1.29, 1.82) is 0 Å². The van der Waals surface area contributed by atoms with E-state index < -0.39 is 19.0 Å². The third-order valence-electron chi connectivity index (χ3n) is 1.87. The Hall–Kier alpha value is -1.93. The number of ether oxygens (including phenoxy) is 1. The molecule has 19 heavy (non-hydrogen) atoms. The molecule has 0 aliphatic carbocycles. The van der Waals surface area contributed by atoms with Crippen LogP contribution in [0.15, 0.2) is 18.2 Å². The molecule has 1 aromatic rings. The molecular formula is C11H17BN2O5. The maximum absolute atomic E-state index is 11.6. The fourth-order valence-corrected chi connectivity index (χ4v) is 1.27. The number of amides is 1. The van der Waals surface area contributed by atoms with Crippen molar-refractivity contribution in [1.82, 2.24) is 0 Å². The van der Waals surface area contributed by atoms with Gasteiger partial charge in [0.25, 0.3) is 0 Å². The van der Waals surface area contributed by atoms with Gasteiger partial charge in [-0.25, -0.2) is 4.79 Å². The monoisotopic (exact) mass is 268 g/mol. The van der Waals surface area contributed by atoms with Gasteiger partial charge in [-0.2, -0.15) is 0 Å². The lowest BCUT2D eigenvalue weighted by Gasteiger charge is -2.20. The van der Waals surface area contributed by atoms with Gasteiger partial charge < -0.3 is 25.2 Å². The Morgan fingerprint density at radius 2 is 2.00 bits per heavy atom. The number of rotatable bonds is 3. The average Bonchev–Trinajstić information content (AvgIpc) is 2.18. The Morgan fingerprint density at radius 3 is 2.53 bits per heavy atom. The average molecular weight is 268 g/mol. The summed E-state index contributed by atoms with van der Waals surface area (Å²) in [4.78, 5) is 11.6. The van der Waals surface area contributed by atoms with Crippen LogP contribution in [0, 0.1) is 0 Å². The second kappa shape index (κ2) is 5.81. The zero-order valence-electron chi connectivity index (χ0n) is 11.0. The first-order valence-electron chi connectivity index (χ1n) is 5.60. The van der Waals surface area contributed by atoms with E-state index in [9.17, 15) is 4.79 Å². The minimum Gasteiger partial charge on any atom is -0.510 e. The van der Waals surface area contributed by atoms with E-state index >= 15 is 0 Å². The molecule has 0 saturated heterocycles. The van der Waals surface area contributed by atoms with Gasteiger partial charge in [0.1, 0.15) is 11.4 Å². The zero-order valence-corrected chi connectivity index (χ0v) is 11.0. The van der Waals surface area contributed by atoms with Crippen molar-refractivity contribution >= 4 is 24.8 Å². The molecule has 104 valence electrons. The van der Waals surface area contributed by atoms with Crippen LogP contribution in [0.4, 0.5) is 16.2 Å². The lowest BCUT2D eigenvalue weighted by atomic mass is 10.2. The number of nitrogen functional groups attached to an aromatic ring is 1. The molecule has 0 heterocycles. The predicted molar refractivity (Wildman–Crippen MR) is 71.5 cm³/mol. The van der Waals surface area contributed by atoms with Gasteiger partial charge in [-0.05, 0) is 32.9 Å². The standard InChI is InChI=1S/C11H17BN2O5/c1-11(2,3)18-10(15)14-8-5-4-7(13)6-9(8)19-12(16)17/h4-6,16-17H,13H2,1-3H3,(H,14,15). The molecule has 0 spiro atoms. The quantitative estimate of drug-likeness (QED) is 0.479. The normalized spacial score (nSPS) is 10.8. The molecule has 0 aromatic heterocycles. The maximum Gasteiger partial charge on any atom is 0.707 e. The number of hydrogen-bond donors (Lipinski definition) is 4.